The molecule has 8 nitrogen and oxygen atoms in total. The number of aryl methyl sites for hydroxylation is 1. The molecule has 1 aromatic heterocycles. The van der Waals surface area contributed by atoms with Crippen LogP contribution in [0.2, 0.25) is 0 Å². The molecule has 4 N–H and O–H groups in total. The normalized spacial score (nSPS) is 23.8. The van der Waals surface area contributed by atoms with Gasteiger partial charge < -0.3 is 10.1 Å². The molecular weight excluding hydrogens is 409 g/mol. The summed E-state index contributed by atoms with van der Waals surface area (Å²) in [6.07, 6.45) is 2.36. The summed E-state index contributed by atoms with van der Waals surface area (Å²) in [5.41, 5.74) is 4.41. The number of carbonyl (C=O) groups is 1. The van der Waals surface area contributed by atoms with Crippen molar-refractivity contribution >= 4 is 21.5 Å². The monoisotopic (exact) mass is 433 g/mol. The molecule has 2 heterocycles. The van der Waals surface area contributed by atoms with Crippen LogP contribution >= 0.6 is 0 Å². The first kappa shape index (κ1) is 19.5. The second-order valence-electron chi connectivity index (χ2n) is 8.52. The summed E-state index contributed by atoms with van der Waals surface area (Å²) in [6.45, 7) is 2.81. The third kappa shape index (κ3) is 3.09. The van der Waals surface area contributed by atoms with Crippen LogP contribution in [-0.2, 0) is 42.1 Å². The lowest BCUT2D eigenvalue weighted by atomic mass is 9.98. The predicted octanol–water partition coefficient (Wildman–Crippen LogP) is 2.37. The minimum absolute atomic E-state index is 0.119. The Morgan fingerprint density at radius 2 is 2.17 bits per heavy atom. The average Bonchev–Trinajstić information content (AvgIpc) is 3.35. The zero-order chi connectivity index (χ0) is 21.2. The Morgan fingerprint density at radius 3 is 2.93 bits per heavy atom. The fourth-order valence-electron chi connectivity index (χ4n) is 4.81. The van der Waals surface area contributed by atoms with E-state index in [0.29, 0.717) is 25.3 Å². The molecule has 5 rings (SSSR count). The zero-order valence-corrected chi connectivity index (χ0v) is 17.5. The number of nitrogens with one attached hydrogen (secondary N) is 2. The van der Waals surface area contributed by atoms with Crippen LogP contribution in [0.15, 0.2) is 11.0 Å². The Hall–Kier alpha value is -2.46. The highest BCUT2D eigenvalue weighted by atomic mass is 32.2. The maximum absolute atomic E-state index is 14.1. The van der Waals surface area contributed by atoms with Crippen LogP contribution in [-0.4, -0.2) is 32.7 Å². The molecule has 0 saturated heterocycles. The lowest BCUT2D eigenvalue weighted by molar-refractivity contribution is 0.101. The van der Waals surface area contributed by atoms with E-state index < -0.39 is 22.0 Å². The minimum atomic E-state index is -3.75. The maximum atomic E-state index is 14.1. The van der Waals surface area contributed by atoms with E-state index in [1.165, 1.54) is 4.68 Å². The Morgan fingerprint density at radius 1 is 1.37 bits per heavy atom. The molecule has 10 heteroatoms. The average molecular weight is 434 g/mol. The van der Waals surface area contributed by atoms with Gasteiger partial charge in [-0.25, -0.2) is 23.2 Å². The number of nitrogens with two attached hydrogens (primary N) is 1. The van der Waals surface area contributed by atoms with E-state index in [2.05, 4.69) is 16.5 Å². The number of carbonyl (C=O) groups excluding carboxylic acids is 1. The van der Waals surface area contributed by atoms with Gasteiger partial charge in [0.1, 0.15) is 16.1 Å². The van der Waals surface area contributed by atoms with Crippen LogP contribution in [0.25, 0.3) is 0 Å². The number of amides is 1. The Kier molecular flexibility index (Phi) is 4.41. The third-order valence-electron chi connectivity index (χ3n) is 6.08. The largest absolute Gasteiger partial charge is 0.477 e. The highest BCUT2D eigenvalue weighted by molar-refractivity contribution is 7.90. The van der Waals surface area contributed by atoms with Crippen molar-refractivity contribution in [1.29, 1.82) is 4.78 Å². The lowest BCUT2D eigenvalue weighted by Gasteiger charge is -2.21. The first-order valence-electron chi connectivity index (χ1n) is 10.1. The Bertz CT molecular complexity index is 1170. The minimum Gasteiger partial charge on any atom is -0.477 e. The van der Waals surface area contributed by atoms with E-state index in [0.717, 1.165) is 41.5 Å². The number of rotatable bonds is 3. The molecule has 3 atom stereocenters. The fourth-order valence-corrected chi connectivity index (χ4v) is 5.65. The van der Waals surface area contributed by atoms with Crippen LogP contribution in [0, 0.1) is 10.7 Å². The highest BCUT2D eigenvalue weighted by Gasteiger charge is 2.35. The lowest BCUT2D eigenvalue weighted by Crippen LogP contribution is -2.24. The standard InChI is InChI=1S/C20H24FN5O3S/c1-10-8-26-20(29-9-10)18(30(22,23)28)17(25-26)19(27)24-16-14-4-2-3-11(14)5-12-6-13(21)7-15(12)16/h5,10,13H,2-4,6-9H2,1H3,(H,24,27)(H3,22,23,28)/t10?,13-/m1/s1. The molecule has 0 bridgehead atoms. The number of nitrogens with zero attached hydrogens (tertiary/aromatic N) is 2. The van der Waals surface area contributed by atoms with Crippen molar-refractivity contribution in [2.45, 2.75) is 56.6 Å². The van der Waals surface area contributed by atoms with Gasteiger partial charge in [-0.05, 0) is 41.5 Å². The van der Waals surface area contributed by atoms with E-state index in [4.69, 9.17) is 14.7 Å². The zero-order valence-electron chi connectivity index (χ0n) is 16.7. The van der Waals surface area contributed by atoms with Crippen molar-refractivity contribution in [3.63, 3.8) is 0 Å². The molecule has 0 fully saturated rings. The molecular formula is C20H24FN5O3S. The first-order valence-corrected chi connectivity index (χ1v) is 11.8. The number of alkyl halides is 1. The van der Waals surface area contributed by atoms with E-state index in [9.17, 15) is 13.4 Å². The molecule has 2 unspecified atom stereocenters. The summed E-state index contributed by atoms with van der Waals surface area (Å²) >= 11 is 0. The quantitative estimate of drug-likeness (QED) is 0.687. The number of halogens is 1. The number of hydrogen-bond donors (Lipinski definition) is 3. The third-order valence-corrected chi connectivity index (χ3v) is 7.05. The molecule has 30 heavy (non-hydrogen) atoms. The summed E-state index contributed by atoms with van der Waals surface area (Å²) in [7, 11) is -3.75. The summed E-state index contributed by atoms with van der Waals surface area (Å²) in [6, 6.07) is 2.07. The van der Waals surface area contributed by atoms with Gasteiger partial charge in [0.2, 0.25) is 5.88 Å². The summed E-state index contributed by atoms with van der Waals surface area (Å²) in [5.74, 6) is -0.325. The molecule has 3 aliphatic rings. The van der Waals surface area contributed by atoms with Crippen molar-refractivity contribution in [1.82, 2.24) is 9.78 Å². The van der Waals surface area contributed by atoms with Gasteiger partial charge in [0.05, 0.1) is 13.2 Å². The van der Waals surface area contributed by atoms with Gasteiger partial charge in [0.15, 0.2) is 10.6 Å². The van der Waals surface area contributed by atoms with Gasteiger partial charge in [-0.1, -0.05) is 13.0 Å². The number of anilines is 1. The molecule has 0 saturated carbocycles. The van der Waals surface area contributed by atoms with E-state index >= 15 is 0 Å². The molecule has 0 radical (unpaired) electrons. The summed E-state index contributed by atoms with van der Waals surface area (Å²) in [5, 5.41) is 12.8. The van der Waals surface area contributed by atoms with E-state index in [1.54, 1.807) is 0 Å². The fraction of sp³-hybridized carbons (Fsp3) is 0.500. The summed E-state index contributed by atoms with van der Waals surface area (Å²) in [4.78, 5) is 13.1. The first-order chi connectivity index (χ1) is 14.2. The smallest absolute Gasteiger partial charge is 0.277 e. The van der Waals surface area contributed by atoms with Gasteiger partial charge in [-0.2, -0.15) is 5.10 Å². The molecule has 1 amide bonds. The molecule has 2 aliphatic carbocycles. The van der Waals surface area contributed by atoms with Crippen molar-refractivity contribution in [3.05, 3.63) is 34.0 Å². The van der Waals surface area contributed by atoms with Crippen LogP contribution < -0.4 is 15.2 Å². The second-order valence-corrected chi connectivity index (χ2v) is 10.1. The second kappa shape index (κ2) is 6.78. The Balaban J connectivity index is 1.58. The maximum Gasteiger partial charge on any atom is 0.277 e. The predicted molar refractivity (Wildman–Crippen MR) is 109 cm³/mol. The van der Waals surface area contributed by atoms with Crippen LogP contribution in [0.5, 0.6) is 5.88 Å². The highest BCUT2D eigenvalue weighted by Crippen LogP contribution is 2.40. The number of hydrogen-bond acceptors (Lipinski definition) is 5. The van der Waals surface area contributed by atoms with Crippen molar-refractivity contribution in [2.75, 3.05) is 11.9 Å². The van der Waals surface area contributed by atoms with E-state index in [-0.39, 0.29) is 28.8 Å². The van der Waals surface area contributed by atoms with Crippen LogP contribution in [0.3, 0.4) is 0 Å². The van der Waals surface area contributed by atoms with Crippen molar-refractivity contribution in [3.8, 4) is 5.88 Å². The molecule has 1 aliphatic heterocycles. The molecule has 160 valence electrons. The topological polar surface area (TPSA) is 123 Å². The van der Waals surface area contributed by atoms with Gasteiger partial charge in [0.25, 0.3) is 5.91 Å². The SMILES string of the molecule is CC1COc2c(S(=N)(N)=O)c(C(=O)Nc3c4c(cc5c3C[C@H](F)C5)CCC4)nn2C1. The van der Waals surface area contributed by atoms with Gasteiger partial charge >= 0.3 is 0 Å². The van der Waals surface area contributed by atoms with Crippen molar-refractivity contribution < 1.29 is 18.1 Å². The Labute approximate surface area is 174 Å². The van der Waals surface area contributed by atoms with Gasteiger partial charge in [-0.15, -0.1) is 0 Å². The molecule has 0 spiro atoms. The number of ether oxygens (including phenoxy) is 1. The number of aromatic nitrogens is 2. The van der Waals surface area contributed by atoms with Crippen molar-refractivity contribution in [2.24, 2.45) is 11.1 Å². The molecule has 1 aromatic carbocycles. The van der Waals surface area contributed by atoms with Gasteiger partial charge in [0, 0.05) is 24.4 Å². The van der Waals surface area contributed by atoms with E-state index in [1.807, 2.05) is 6.92 Å². The number of fused-ring (bicyclic) bond motifs is 3. The van der Waals surface area contributed by atoms with Gasteiger partial charge in [-0.3, -0.25) is 4.79 Å². The summed E-state index contributed by atoms with van der Waals surface area (Å²) < 4.78 is 41.6. The number of benzene rings is 1. The van der Waals surface area contributed by atoms with Crippen LogP contribution in [0.1, 0.15) is 46.1 Å². The molecule has 2 aromatic rings. The van der Waals surface area contributed by atoms with Crippen LogP contribution in [0.4, 0.5) is 10.1 Å².